The van der Waals surface area contributed by atoms with Gasteiger partial charge in [0, 0.05) is 19.4 Å². The van der Waals surface area contributed by atoms with Gasteiger partial charge in [-0.15, -0.1) is 0 Å². The van der Waals surface area contributed by atoms with Crippen molar-refractivity contribution in [3.63, 3.8) is 0 Å². The van der Waals surface area contributed by atoms with Gasteiger partial charge >= 0.3 is 0 Å². The zero-order valence-corrected chi connectivity index (χ0v) is 16.2. The molecule has 1 atom stereocenters. The van der Waals surface area contributed by atoms with Crippen LogP contribution in [-0.2, 0) is 30.6 Å². The van der Waals surface area contributed by atoms with Crippen molar-refractivity contribution in [2.75, 3.05) is 19.6 Å². The Morgan fingerprint density at radius 1 is 1.11 bits per heavy atom. The fourth-order valence-electron chi connectivity index (χ4n) is 4.17. The highest BCUT2D eigenvalue weighted by Crippen LogP contribution is 2.22. The van der Waals surface area contributed by atoms with Gasteiger partial charge in [0.2, 0.25) is 5.91 Å². The van der Waals surface area contributed by atoms with Crippen LogP contribution in [-0.4, -0.2) is 46.4 Å². The second kappa shape index (κ2) is 8.26. The van der Waals surface area contributed by atoms with E-state index in [9.17, 15) is 4.79 Å². The van der Waals surface area contributed by atoms with Gasteiger partial charge in [0.05, 0.1) is 12.6 Å². The van der Waals surface area contributed by atoms with E-state index in [1.165, 1.54) is 24.8 Å². The summed E-state index contributed by atoms with van der Waals surface area (Å²) in [5.41, 5.74) is 2.24. The molecule has 3 heterocycles. The molecule has 1 unspecified atom stereocenters. The van der Waals surface area contributed by atoms with Gasteiger partial charge in [-0.1, -0.05) is 36.8 Å². The van der Waals surface area contributed by atoms with Gasteiger partial charge in [-0.3, -0.25) is 9.69 Å². The number of aromatic nitrogens is 1. The lowest BCUT2D eigenvalue weighted by Gasteiger charge is -2.35. The normalized spacial score (nSPS) is 18.9. The molecule has 0 bridgehead atoms. The molecule has 4 rings (SSSR count). The molecule has 144 valence electrons. The lowest BCUT2D eigenvalue weighted by molar-refractivity contribution is -0.137. The Bertz CT molecular complexity index is 765. The second-order valence-electron chi connectivity index (χ2n) is 7.75. The van der Waals surface area contributed by atoms with E-state index >= 15 is 0 Å². The van der Waals surface area contributed by atoms with Crippen LogP contribution in [0, 0.1) is 0 Å². The highest BCUT2D eigenvalue weighted by atomic mass is 16.4. The number of fused-ring (bicyclic) bond motifs is 1. The lowest BCUT2D eigenvalue weighted by atomic mass is 10.1. The standard InChI is InChI=1S/C22H29N3O2/c1-17(24-13-6-3-7-14-24)22(26)25-15-12-20-19(16-25)23-21(27-20)11-10-18-8-4-2-5-9-18/h2,4-5,8-9,17H,3,6-7,10-16H2,1H3. The van der Waals surface area contributed by atoms with Crippen LogP contribution in [0.25, 0.3) is 0 Å². The average Bonchev–Trinajstić information content (AvgIpc) is 3.14. The van der Waals surface area contributed by atoms with Crippen molar-refractivity contribution in [1.82, 2.24) is 14.8 Å². The van der Waals surface area contributed by atoms with Gasteiger partial charge in [-0.25, -0.2) is 4.98 Å². The first-order valence-electron chi connectivity index (χ1n) is 10.2. The first-order valence-corrected chi connectivity index (χ1v) is 10.2. The summed E-state index contributed by atoms with van der Waals surface area (Å²) in [4.78, 5) is 21.9. The zero-order valence-electron chi connectivity index (χ0n) is 16.2. The summed E-state index contributed by atoms with van der Waals surface area (Å²) in [6.07, 6.45) is 6.19. The number of carbonyl (C=O) groups excluding carboxylic acids is 1. The number of benzene rings is 1. The van der Waals surface area contributed by atoms with Gasteiger partial charge in [0.15, 0.2) is 5.89 Å². The summed E-state index contributed by atoms with van der Waals surface area (Å²) >= 11 is 0. The number of hydrogen-bond acceptors (Lipinski definition) is 4. The van der Waals surface area contributed by atoms with Crippen molar-refractivity contribution < 1.29 is 9.21 Å². The maximum Gasteiger partial charge on any atom is 0.240 e. The molecule has 2 aliphatic rings. The van der Waals surface area contributed by atoms with E-state index in [-0.39, 0.29) is 11.9 Å². The number of oxazole rings is 1. The van der Waals surface area contributed by atoms with E-state index < -0.39 is 0 Å². The van der Waals surface area contributed by atoms with Crippen molar-refractivity contribution in [1.29, 1.82) is 0 Å². The fourth-order valence-corrected chi connectivity index (χ4v) is 4.17. The lowest BCUT2D eigenvalue weighted by Crippen LogP contribution is -2.49. The van der Waals surface area contributed by atoms with Crippen LogP contribution in [0.3, 0.4) is 0 Å². The molecule has 0 saturated carbocycles. The van der Waals surface area contributed by atoms with Gasteiger partial charge in [-0.2, -0.15) is 0 Å². The Morgan fingerprint density at radius 2 is 1.89 bits per heavy atom. The van der Waals surface area contributed by atoms with Crippen LogP contribution in [0.1, 0.15) is 49.1 Å². The maximum atomic E-state index is 13.0. The Morgan fingerprint density at radius 3 is 2.67 bits per heavy atom. The Hall–Kier alpha value is -2.14. The summed E-state index contributed by atoms with van der Waals surface area (Å²) in [5.74, 6) is 1.99. The minimum atomic E-state index is -0.0312. The number of hydrogen-bond donors (Lipinski definition) is 0. The third kappa shape index (κ3) is 4.24. The van der Waals surface area contributed by atoms with Crippen LogP contribution in [0.2, 0.25) is 0 Å². The van der Waals surface area contributed by atoms with Gasteiger partial charge in [0.1, 0.15) is 11.5 Å². The second-order valence-corrected chi connectivity index (χ2v) is 7.75. The Labute approximate surface area is 161 Å². The molecule has 1 fully saturated rings. The van der Waals surface area contributed by atoms with Crippen molar-refractivity contribution >= 4 is 5.91 Å². The van der Waals surface area contributed by atoms with Crippen molar-refractivity contribution in [2.45, 2.75) is 58.0 Å². The molecule has 0 aliphatic carbocycles. The van der Waals surface area contributed by atoms with E-state index in [4.69, 9.17) is 9.40 Å². The predicted molar refractivity (Wildman–Crippen MR) is 104 cm³/mol. The summed E-state index contributed by atoms with van der Waals surface area (Å²) in [6, 6.07) is 10.4. The molecule has 1 aromatic carbocycles. The number of carbonyl (C=O) groups is 1. The van der Waals surface area contributed by atoms with Crippen molar-refractivity contribution in [2.24, 2.45) is 0 Å². The molecular formula is C22H29N3O2. The number of likely N-dealkylation sites (tertiary alicyclic amines) is 1. The van der Waals surface area contributed by atoms with E-state index in [2.05, 4.69) is 36.1 Å². The largest absolute Gasteiger partial charge is 0.445 e. The smallest absolute Gasteiger partial charge is 0.240 e. The molecule has 5 nitrogen and oxygen atoms in total. The van der Waals surface area contributed by atoms with Gasteiger partial charge in [0.25, 0.3) is 0 Å². The molecule has 2 aromatic rings. The molecule has 1 saturated heterocycles. The maximum absolute atomic E-state index is 13.0. The fraction of sp³-hybridized carbons (Fsp3) is 0.545. The molecule has 0 radical (unpaired) electrons. The number of amides is 1. The van der Waals surface area contributed by atoms with Crippen LogP contribution < -0.4 is 0 Å². The highest BCUT2D eigenvalue weighted by molar-refractivity contribution is 5.81. The first-order chi connectivity index (χ1) is 13.2. The Balaban J connectivity index is 1.36. The monoisotopic (exact) mass is 367 g/mol. The molecule has 1 amide bonds. The number of aryl methyl sites for hydroxylation is 2. The molecule has 27 heavy (non-hydrogen) atoms. The zero-order chi connectivity index (χ0) is 18.6. The van der Waals surface area contributed by atoms with Crippen LogP contribution >= 0.6 is 0 Å². The van der Waals surface area contributed by atoms with E-state index in [1.807, 2.05) is 11.0 Å². The number of nitrogens with zero attached hydrogens (tertiary/aromatic N) is 3. The van der Waals surface area contributed by atoms with Gasteiger partial charge < -0.3 is 9.32 Å². The van der Waals surface area contributed by atoms with Crippen molar-refractivity contribution in [3.8, 4) is 0 Å². The summed E-state index contributed by atoms with van der Waals surface area (Å²) < 4.78 is 5.97. The number of rotatable bonds is 5. The first kappa shape index (κ1) is 18.2. The minimum Gasteiger partial charge on any atom is -0.445 e. The summed E-state index contributed by atoms with van der Waals surface area (Å²) in [7, 11) is 0. The van der Waals surface area contributed by atoms with E-state index in [0.717, 1.165) is 56.2 Å². The highest BCUT2D eigenvalue weighted by Gasteiger charge is 2.31. The molecule has 5 heteroatoms. The molecule has 0 N–H and O–H groups in total. The number of piperidine rings is 1. The van der Waals surface area contributed by atoms with Gasteiger partial charge in [-0.05, 0) is 44.8 Å². The topological polar surface area (TPSA) is 49.6 Å². The molecule has 1 aromatic heterocycles. The molecular weight excluding hydrogens is 338 g/mol. The van der Waals surface area contributed by atoms with Crippen molar-refractivity contribution in [3.05, 3.63) is 53.2 Å². The average molecular weight is 367 g/mol. The third-order valence-corrected chi connectivity index (χ3v) is 5.85. The van der Waals surface area contributed by atoms with Crippen LogP contribution in [0.4, 0.5) is 0 Å². The Kier molecular flexibility index (Phi) is 5.58. The molecule has 2 aliphatic heterocycles. The van der Waals surface area contributed by atoms with Crippen LogP contribution in [0.15, 0.2) is 34.7 Å². The summed E-state index contributed by atoms with van der Waals surface area (Å²) in [6.45, 7) is 5.45. The molecule has 0 spiro atoms. The predicted octanol–water partition coefficient (Wildman–Crippen LogP) is 3.22. The quantitative estimate of drug-likeness (QED) is 0.814. The minimum absolute atomic E-state index is 0.0312. The van der Waals surface area contributed by atoms with Crippen LogP contribution in [0.5, 0.6) is 0 Å². The SMILES string of the molecule is CC(C(=O)N1CCc2oc(CCc3ccccc3)nc2C1)N1CCCCC1. The van der Waals surface area contributed by atoms with E-state index in [0.29, 0.717) is 6.54 Å². The summed E-state index contributed by atoms with van der Waals surface area (Å²) in [5, 5.41) is 0. The van der Waals surface area contributed by atoms with E-state index in [1.54, 1.807) is 0 Å². The third-order valence-electron chi connectivity index (χ3n) is 5.85.